The molecule has 54 heavy (non-hydrogen) atoms. The molecule has 0 saturated carbocycles. The van der Waals surface area contributed by atoms with Crippen LogP contribution >= 0.6 is 0 Å². The first kappa shape index (κ1) is 52.4. The third-order valence-electron chi connectivity index (χ3n) is 11.4. The average molecular weight is 757 g/mol. The third kappa shape index (κ3) is 50.4. The number of hydrogen-bond donors (Lipinski definition) is 2. The molecule has 0 rings (SSSR count). The van der Waals surface area contributed by atoms with Gasteiger partial charge in [0.25, 0.3) is 0 Å². The number of hydrogen-bond acceptors (Lipinski definition) is 2. The van der Waals surface area contributed by atoms with Gasteiger partial charge in [0.05, 0.1) is 0 Å². The molecule has 4 N–H and O–H groups in total. The monoisotopic (exact) mass is 757 g/mol. The van der Waals surface area contributed by atoms with Crippen molar-refractivity contribution in [1.29, 1.82) is 0 Å². The quantitative estimate of drug-likeness (QED) is 0.0478. The minimum Gasteiger partial charge on any atom is -0.370 e. The van der Waals surface area contributed by atoms with Gasteiger partial charge in [0.15, 0.2) is 0 Å². The first-order valence-corrected chi connectivity index (χ1v) is 24.5. The van der Waals surface area contributed by atoms with Crippen LogP contribution < -0.4 is 11.5 Å². The Balaban J connectivity index is 3.13. The van der Waals surface area contributed by atoms with Crippen LogP contribution in [0.15, 0.2) is 24.3 Å². The number of nitrogens with two attached hydrogens (primary N) is 2. The number of primary amides is 2. The van der Waals surface area contributed by atoms with E-state index in [4.69, 9.17) is 11.5 Å². The van der Waals surface area contributed by atoms with Crippen molar-refractivity contribution in [1.82, 2.24) is 0 Å². The third-order valence-corrected chi connectivity index (χ3v) is 11.4. The first-order valence-electron chi connectivity index (χ1n) is 24.5. The second kappa shape index (κ2) is 47.6. The van der Waals surface area contributed by atoms with Gasteiger partial charge in [-0.05, 0) is 64.2 Å². The lowest BCUT2D eigenvalue weighted by molar-refractivity contribution is -0.119. The first-order chi connectivity index (χ1) is 26.6. The van der Waals surface area contributed by atoms with E-state index in [2.05, 4.69) is 24.3 Å². The molecular formula is C50H96N2O2. The maximum atomic E-state index is 10.7. The summed E-state index contributed by atoms with van der Waals surface area (Å²) in [6.07, 6.45) is 67.8. The number of carbonyl (C=O) groups excluding carboxylic acids is 2. The van der Waals surface area contributed by atoms with Crippen molar-refractivity contribution in [3.63, 3.8) is 0 Å². The Morgan fingerprint density at radius 3 is 0.500 bits per heavy atom. The molecule has 0 atom stereocenters. The smallest absolute Gasteiger partial charge is 0.217 e. The second-order valence-electron chi connectivity index (χ2n) is 17.0. The van der Waals surface area contributed by atoms with Crippen LogP contribution in [-0.4, -0.2) is 11.8 Å². The maximum absolute atomic E-state index is 10.7. The fourth-order valence-corrected chi connectivity index (χ4v) is 7.78. The van der Waals surface area contributed by atoms with Crippen molar-refractivity contribution in [2.75, 3.05) is 0 Å². The van der Waals surface area contributed by atoms with Crippen molar-refractivity contribution in [3.05, 3.63) is 24.3 Å². The molecule has 0 aromatic carbocycles. The summed E-state index contributed by atoms with van der Waals surface area (Å²) >= 11 is 0. The molecule has 0 aromatic rings. The van der Waals surface area contributed by atoms with Crippen LogP contribution in [0.1, 0.15) is 283 Å². The zero-order chi connectivity index (χ0) is 39.1. The van der Waals surface area contributed by atoms with E-state index in [1.165, 1.54) is 244 Å². The number of carbonyl (C=O) groups is 2. The van der Waals surface area contributed by atoms with Crippen LogP contribution in [0.3, 0.4) is 0 Å². The highest BCUT2D eigenvalue weighted by molar-refractivity contribution is 5.73. The summed E-state index contributed by atoms with van der Waals surface area (Å²) in [6, 6.07) is 0. The molecule has 4 nitrogen and oxygen atoms in total. The van der Waals surface area contributed by atoms with Gasteiger partial charge in [-0.15, -0.1) is 0 Å². The summed E-state index contributed by atoms with van der Waals surface area (Å²) < 4.78 is 0. The van der Waals surface area contributed by atoms with Gasteiger partial charge >= 0.3 is 0 Å². The lowest BCUT2D eigenvalue weighted by Gasteiger charge is -2.04. The van der Waals surface area contributed by atoms with E-state index in [0.29, 0.717) is 12.8 Å². The summed E-state index contributed by atoms with van der Waals surface area (Å²) in [5.41, 5.74) is 10.4. The minimum atomic E-state index is -0.155. The van der Waals surface area contributed by atoms with Crippen molar-refractivity contribution in [2.24, 2.45) is 11.5 Å². The van der Waals surface area contributed by atoms with E-state index in [1.807, 2.05) is 0 Å². The Morgan fingerprint density at radius 2 is 0.352 bits per heavy atom. The van der Waals surface area contributed by atoms with Gasteiger partial charge in [-0.2, -0.15) is 0 Å². The Hall–Kier alpha value is -1.58. The Morgan fingerprint density at radius 1 is 0.222 bits per heavy atom. The van der Waals surface area contributed by atoms with Crippen LogP contribution in [0, 0.1) is 0 Å². The molecule has 0 unspecified atom stereocenters. The number of rotatable bonds is 47. The van der Waals surface area contributed by atoms with Gasteiger partial charge in [0.2, 0.25) is 11.8 Å². The van der Waals surface area contributed by atoms with E-state index in [9.17, 15) is 9.59 Å². The topological polar surface area (TPSA) is 86.2 Å². The lowest BCUT2D eigenvalue weighted by Crippen LogP contribution is -2.09. The molecule has 0 aliphatic carbocycles. The fourth-order valence-electron chi connectivity index (χ4n) is 7.78. The van der Waals surface area contributed by atoms with Gasteiger partial charge in [-0.3, -0.25) is 9.59 Å². The molecule has 318 valence electrons. The van der Waals surface area contributed by atoms with E-state index >= 15 is 0 Å². The zero-order valence-corrected chi connectivity index (χ0v) is 36.4. The zero-order valence-electron chi connectivity index (χ0n) is 36.4. The highest BCUT2D eigenvalue weighted by Crippen LogP contribution is 2.17. The van der Waals surface area contributed by atoms with E-state index in [0.717, 1.165) is 25.7 Å². The van der Waals surface area contributed by atoms with E-state index < -0.39 is 0 Å². The SMILES string of the molecule is NC(=O)CCCCCCCCCCCC=CCCCCCCCCCCCCCCCCCCCCCCC=CCCCCCCCCCCCC(N)=O. The van der Waals surface area contributed by atoms with E-state index in [-0.39, 0.29) is 11.8 Å². The summed E-state index contributed by atoms with van der Waals surface area (Å²) in [7, 11) is 0. The predicted octanol–water partition coefficient (Wildman–Crippen LogP) is 16.2. The van der Waals surface area contributed by atoms with Gasteiger partial charge in [-0.1, -0.05) is 230 Å². The Bertz CT molecular complexity index is 740. The molecule has 0 heterocycles. The molecule has 0 radical (unpaired) electrons. The maximum Gasteiger partial charge on any atom is 0.217 e. The van der Waals surface area contributed by atoms with Gasteiger partial charge in [0, 0.05) is 12.8 Å². The van der Waals surface area contributed by atoms with Gasteiger partial charge < -0.3 is 11.5 Å². The normalized spacial score (nSPS) is 11.8. The van der Waals surface area contributed by atoms with Crippen molar-refractivity contribution in [3.8, 4) is 0 Å². The summed E-state index contributed by atoms with van der Waals surface area (Å²) in [5, 5.41) is 0. The Labute approximate surface area is 338 Å². The molecule has 0 aliphatic rings. The highest BCUT2D eigenvalue weighted by Gasteiger charge is 1.98. The molecule has 0 bridgehead atoms. The van der Waals surface area contributed by atoms with Crippen LogP contribution in [0.5, 0.6) is 0 Å². The average Bonchev–Trinajstić information content (AvgIpc) is 3.15. The van der Waals surface area contributed by atoms with Gasteiger partial charge in [0.1, 0.15) is 0 Å². The standard InChI is InChI=1S/C50H96N2O2/c51-49(53)47-45-43-41-39-37-35-33-31-29-27-25-23-21-19-17-15-13-11-9-7-5-3-1-2-4-6-8-10-12-14-16-18-20-22-24-26-28-30-32-34-36-38-40-42-44-46-48-50(52)54/h23-26H,1-22,27-48H2,(H2,51,53)(H2,52,54). The summed E-state index contributed by atoms with van der Waals surface area (Å²) in [5.74, 6) is -0.310. The molecule has 0 saturated heterocycles. The summed E-state index contributed by atoms with van der Waals surface area (Å²) in [6.45, 7) is 0. The fraction of sp³-hybridized carbons (Fsp3) is 0.880. The molecule has 4 heteroatoms. The highest BCUT2D eigenvalue weighted by atomic mass is 16.1. The van der Waals surface area contributed by atoms with Crippen molar-refractivity contribution < 1.29 is 9.59 Å². The molecular weight excluding hydrogens is 661 g/mol. The van der Waals surface area contributed by atoms with Crippen molar-refractivity contribution >= 4 is 11.8 Å². The van der Waals surface area contributed by atoms with Gasteiger partial charge in [-0.25, -0.2) is 0 Å². The predicted molar refractivity (Wildman–Crippen MR) is 240 cm³/mol. The molecule has 0 aliphatic heterocycles. The summed E-state index contributed by atoms with van der Waals surface area (Å²) in [4.78, 5) is 21.5. The van der Waals surface area contributed by atoms with Crippen molar-refractivity contribution in [2.45, 2.75) is 283 Å². The molecule has 2 amide bonds. The molecule has 0 spiro atoms. The van der Waals surface area contributed by atoms with Crippen LogP contribution in [0.25, 0.3) is 0 Å². The van der Waals surface area contributed by atoms with Crippen LogP contribution in [0.2, 0.25) is 0 Å². The van der Waals surface area contributed by atoms with Crippen LogP contribution in [0.4, 0.5) is 0 Å². The minimum absolute atomic E-state index is 0.155. The molecule has 0 aromatic heterocycles. The Kier molecular flexibility index (Phi) is 46.2. The van der Waals surface area contributed by atoms with Crippen LogP contribution in [-0.2, 0) is 9.59 Å². The number of unbranched alkanes of at least 4 members (excludes halogenated alkanes) is 39. The second-order valence-corrected chi connectivity index (χ2v) is 17.0. The lowest BCUT2D eigenvalue weighted by atomic mass is 10.0. The number of allylic oxidation sites excluding steroid dienone is 4. The van der Waals surface area contributed by atoms with E-state index in [1.54, 1.807) is 0 Å². The number of amides is 2. The molecule has 0 fully saturated rings. The largest absolute Gasteiger partial charge is 0.370 e.